The Bertz CT molecular complexity index is 317. The van der Waals surface area contributed by atoms with Gasteiger partial charge in [0.15, 0.2) is 0 Å². The number of rotatable bonds is 6. The molecule has 1 aromatic rings. The molecule has 0 aromatic heterocycles. The molecule has 0 aliphatic carbocycles. The lowest BCUT2D eigenvalue weighted by molar-refractivity contribution is 0.119. The van der Waals surface area contributed by atoms with Crippen LogP contribution < -0.4 is 5.19 Å². The van der Waals surface area contributed by atoms with Crippen molar-refractivity contribution in [2.45, 2.75) is 39.9 Å². The van der Waals surface area contributed by atoms with E-state index < -0.39 is 8.56 Å². The third-order valence-electron chi connectivity index (χ3n) is 2.27. The van der Waals surface area contributed by atoms with Gasteiger partial charge in [0.2, 0.25) is 0 Å². The molecule has 0 spiro atoms. The quantitative estimate of drug-likeness (QED) is 0.633. The Morgan fingerprint density at radius 3 is 1.82 bits per heavy atom. The van der Waals surface area contributed by atoms with Gasteiger partial charge in [-0.25, -0.2) is 0 Å². The van der Waals surface area contributed by atoms with Crippen molar-refractivity contribution >= 4 is 26.4 Å². The first-order valence-electron chi connectivity index (χ1n) is 6.02. The summed E-state index contributed by atoms with van der Waals surface area (Å²) in [4.78, 5) is 0. The summed E-state index contributed by atoms with van der Waals surface area (Å²) < 4.78 is 12.2. The summed E-state index contributed by atoms with van der Waals surface area (Å²) in [6.07, 6.45) is 0.292. The van der Waals surface area contributed by atoms with Crippen molar-refractivity contribution in [2.75, 3.05) is 5.38 Å². The van der Waals surface area contributed by atoms with Gasteiger partial charge in [0.25, 0.3) is 0 Å². The van der Waals surface area contributed by atoms with Crippen molar-refractivity contribution in [3.63, 3.8) is 0 Å². The summed E-state index contributed by atoms with van der Waals surface area (Å²) in [7, 11) is -2.41. The van der Waals surface area contributed by atoms with Crippen LogP contribution in [0.5, 0.6) is 0 Å². The molecular weight excluding hydrogens is 248 g/mol. The van der Waals surface area contributed by atoms with E-state index in [-0.39, 0.29) is 12.2 Å². The van der Waals surface area contributed by atoms with E-state index in [0.29, 0.717) is 5.38 Å². The highest BCUT2D eigenvalue weighted by Crippen LogP contribution is 2.15. The van der Waals surface area contributed by atoms with Crippen LogP contribution in [0, 0.1) is 0 Å². The molecule has 0 N–H and O–H groups in total. The molecule has 1 aromatic carbocycles. The van der Waals surface area contributed by atoms with Gasteiger partial charge in [0.1, 0.15) is 0 Å². The molecule has 0 unspecified atom stereocenters. The van der Waals surface area contributed by atoms with Crippen LogP contribution in [-0.2, 0) is 8.85 Å². The average Bonchev–Trinajstić information content (AvgIpc) is 2.28. The van der Waals surface area contributed by atoms with Crippen LogP contribution in [0.25, 0.3) is 0 Å². The fourth-order valence-electron chi connectivity index (χ4n) is 1.78. The molecule has 17 heavy (non-hydrogen) atoms. The highest BCUT2D eigenvalue weighted by molar-refractivity contribution is 7.82. The van der Waals surface area contributed by atoms with Crippen molar-refractivity contribution in [3.8, 4) is 0 Å². The van der Waals surface area contributed by atoms with Crippen LogP contribution >= 0.6 is 12.6 Å². The van der Waals surface area contributed by atoms with Gasteiger partial charge in [-0.2, -0.15) is 12.6 Å². The molecule has 0 saturated heterocycles. The van der Waals surface area contributed by atoms with Gasteiger partial charge in [-0.1, -0.05) is 30.3 Å². The molecule has 4 heteroatoms. The molecule has 0 aliphatic rings. The summed E-state index contributed by atoms with van der Waals surface area (Å²) in [5.41, 5.74) is 0. The van der Waals surface area contributed by atoms with Crippen molar-refractivity contribution in [2.24, 2.45) is 0 Å². The monoisotopic (exact) mass is 270 g/mol. The van der Waals surface area contributed by atoms with Gasteiger partial charge < -0.3 is 8.85 Å². The molecule has 0 fully saturated rings. The highest BCUT2D eigenvalue weighted by atomic mass is 32.1. The SMILES string of the molecule is CC(C)O[Si](CS)(OC(C)C)c1ccccc1. The normalized spacial score (nSPS) is 12.4. The second-order valence-electron chi connectivity index (χ2n) is 4.61. The summed E-state index contributed by atoms with van der Waals surface area (Å²) in [6, 6.07) is 10.2. The largest absolute Gasteiger partial charge is 0.388 e. The van der Waals surface area contributed by atoms with Crippen LogP contribution in [0.1, 0.15) is 27.7 Å². The molecule has 0 atom stereocenters. The maximum Gasteiger partial charge on any atom is 0.382 e. The van der Waals surface area contributed by atoms with Crippen LogP contribution in [-0.4, -0.2) is 26.1 Å². The summed E-state index contributed by atoms with van der Waals surface area (Å²) in [6.45, 7) is 8.16. The second-order valence-corrected chi connectivity index (χ2v) is 8.43. The average molecular weight is 270 g/mol. The van der Waals surface area contributed by atoms with E-state index in [1.54, 1.807) is 0 Å². The van der Waals surface area contributed by atoms with E-state index in [1.165, 1.54) is 0 Å². The van der Waals surface area contributed by atoms with Crippen LogP contribution in [0.15, 0.2) is 30.3 Å². The Labute approximate surface area is 111 Å². The standard InChI is InChI=1S/C13H22O2SSi/c1-11(2)14-17(10-16,15-12(3)4)13-8-6-5-7-9-13/h5-9,11-12,16H,10H2,1-4H3. The summed E-state index contributed by atoms with van der Waals surface area (Å²) >= 11 is 4.47. The van der Waals surface area contributed by atoms with Crippen LogP contribution in [0.4, 0.5) is 0 Å². The molecule has 0 saturated carbocycles. The van der Waals surface area contributed by atoms with Gasteiger partial charge in [-0.15, -0.1) is 0 Å². The molecule has 0 heterocycles. The Morgan fingerprint density at radius 1 is 1.00 bits per heavy atom. The number of hydrogen-bond acceptors (Lipinski definition) is 3. The Morgan fingerprint density at radius 2 is 1.47 bits per heavy atom. The first-order chi connectivity index (χ1) is 8.00. The maximum absolute atomic E-state index is 6.12. The first kappa shape index (κ1) is 14.8. The molecule has 0 aliphatic heterocycles. The lowest BCUT2D eigenvalue weighted by Crippen LogP contribution is -2.58. The molecule has 96 valence electrons. The number of thiol groups is 1. The van der Waals surface area contributed by atoms with Gasteiger partial charge in [0.05, 0.1) is 0 Å². The summed E-state index contributed by atoms with van der Waals surface area (Å²) in [5, 5.41) is 1.78. The maximum atomic E-state index is 6.12. The number of hydrogen-bond donors (Lipinski definition) is 1. The Balaban J connectivity index is 3.06. The zero-order valence-corrected chi connectivity index (χ0v) is 12.9. The second kappa shape index (κ2) is 6.59. The van der Waals surface area contributed by atoms with E-state index >= 15 is 0 Å². The van der Waals surface area contributed by atoms with Crippen molar-refractivity contribution < 1.29 is 8.85 Å². The molecule has 2 nitrogen and oxygen atoms in total. The van der Waals surface area contributed by atoms with E-state index in [2.05, 4.69) is 24.8 Å². The topological polar surface area (TPSA) is 18.5 Å². The van der Waals surface area contributed by atoms with Crippen molar-refractivity contribution in [1.29, 1.82) is 0 Å². The van der Waals surface area contributed by atoms with Gasteiger partial charge in [-0.3, -0.25) is 0 Å². The highest BCUT2D eigenvalue weighted by Gasteiger charge is 2.40. The number of benzene rings is 1. The van der Waals surface area contributed by atoms with E-state index in [0.717, 1.165) is 5.19 Å². The van der Waals surface area contributed by atoms with Crippen molar-refractivity contribution in [1.82, 2.24) is 0 Å². The molecule has 1 rings (SSSR count). The zero-order chi connectivity index (χ0) is 12.9. The minimum absolute atomic E-state index is 0.146. The lowest BCUT2D eigenvalue weighted by Gasteiger charge is -2.33. The minimum Gasteiger partial charge on any atom is -0.388 e. The minimum atomic E-state index is -2.41. The predicted octanol–water partition coefficient (Wildman–Crippen LogP) is 2.65. The third-order valence-corrected chi connectivity index (χ3v) is 6.86. The van der Waals surface area contributed by atoms with Gasteiger partial charge in [-0.05, 0) is 32.9 Å². The van der Waals surface area contributed by atoms with Gasteiger partial charge in [0, 0.05) is 17.6 Å². The molecule has 0 bridgehead atoms. The van der Waals surface area contributed by atoms with E-state index in [1.807, 2.05) is 45.9 Å². The molecule has 0 radical (unpaired) electrons. The first-order valence-corrected chi connectivity index (χ1v) is 8.68. The predicted molar refractivity (Wildman–Crippen MR) is 78.1 cm³/mol. The van der Waals surface area contributed by atoms with Crippen LogP contribution in [0.3, 0.4) is 0 Å². The Kier molecular flexibility index (Phi) is 5.72. The van der Waals surface area contributed by atoms with E-state index in [9.17, 15) is 0 Å². The summed E-state index contributed by atoms with van der Waals surface area (Å²) in [5.74, 6) is 0. The fraction of sp³-hybridized carbons (Fsp3) is 0.538. The smallest absolute Gasteiger partial charge is 0.382 e. The third kappa shape index (κ3) is 4.14. The van der Waals surface area contributed by atoms with Crippen molar-refractivity contribution in [3.05, 3.63) is 30.3 Å². The van der Waals surface area contributed by atoms with Gasteiger partial charge >= 0.3 is 8.56 Å². The molecular formula is C13H22O2SSi. The van der Waals surface area contributed by atoms with Crippen LogP contribution in [0.2, 0.25) is 0 Å². The molecule has 0 amide bonds. The Hall–Kier alpha value is -0.293. The lowest BCUT2D eigenvalue weighted by atomic mass is 10.4. The van der Waals surface area contributed by atoms with E-state index in [4.69, 9.17) is 8.85 Å². The zero-order valence-electron chi connectivity index (χ0n) is 11.0. The fourth-order valence-corrected chi connectivity index (χ4v) is 5.66.